The Balaban J connectivity index is 1.02. The van der Waals surface area contributed by atoms with Crippen LogP contribution in [0.1, 0.15) is 49.7 Å². The monoisotopic (exact) mass is 759 g/mol. The zero-order chi connectivity index (χ0) is 37.8. The van der Waals surface area contributed by atoms with Gasteiger partial charge in [-0.05, 0) is 36.8 Å². The van der Waals surface area contributed by atoms with Gasteiger partial charge in [0, 0.05) is 37.8 Å². The van der Waals surface area contributed by atoms with Gasteiger partial charge in [0.2, 0.25) is 11.8 Å². The van der Waals surface area contributed by atoms with Gasteiger partial charge in [0.15, 0.2) is 18.1 Å². The molecule has 0 spiro atoms. The Morgan fingerprint density at radius 3 is 2.43 bits per heavy atom. The van der Waals surface area contributed by atoms with Crippen LogP contribution in [0, 0.1) is 17.3 Å². The van der Waals surface area contributed by atoms with Gasteiger partial charge in [-0.25, -0.2) is 0 Å². The standard InChI is InChI=1S/C37H49N3O14/c41-14-13-38-25(43)11-12-39-35(48)36-16-23-29-30(53-37(52-29,21-7-8-21)22-9-10-22)32(36)54-40(31(36)33(47)50-23)17-20-5-2-1-4-19(20)6-3-15-49-34-28(46)27(45)26(44)24(18-42)51-34/h1-6,21-24,26-32,34,41-42,44-46H,7-18H2,(H,38,43)(H,39,48)/t23-,24-,26+,27+,28-,29+,30+,31+,32-,34+,36+/m1/s1. The van der Waals surface area contributed by atoms with Crippen LogP contribution in [0.4, 0.5) is 0 Å². The second-order valence-corrected chi connectivity index (χ2v) is 15.4. The highest BCUT2D eigenvalue weighted by atomic mass is 16.8. The second kappa shape index (κ2) is 15.1. The van der Waals surface area contributed by atoms with E-state index in [4.69, 9.17) is 33.6 Å². The average molecular weight is 760 g/mol. The van der Waals surface area contributed by atoms with Gasteiger partial charge in [-0.15, -0.1) is 0 Å². The molecule has 7 aliphatic rings. The number of amides is 2. The molecule has 4 saturated heterocycles. The van der Waals surface area contributed by atoms with Crippen molar-refractivity contribution < 1.29 is 68.4 Å². The number of hydrogen-bond donors (Lipinski definition) is 7. The van der Waals surface area contributed by atoms with E-state index in [2.05, 4.69) is 10.6 Å². The number of rotatable bonds is 15. The molecule has 11 atom stereocenters. The maximum atomic E-state index is 14.5. The SMILES string of the molecule is O=C(CCNC(=O)[C@@]12C[C@H]3OC(=O)[C@@H]1N(Cc1ccccc1C=CCO[C@H]1O[C@H](CO)[C@H](O)[C@H](O)[C@H]1O)O[C@@H]2[C@H]1OC(C2CC2)(C2CC2)O[C@H]13)NCCO. The first-order chi connectivity index (χ1) is 26.1. The number of nitrogens with zero attached hydrogens (tertiary/aromatic N) is 1. The van der Waals surface area contributed by atoms with Crippen molar-refractivity contribution in [2.24, 2.45) is 17.3 Å². The van der Waals surface area contributed by atoms with Crippen LogP contribution in [0.15, 0.2) is 30.3 Å². The summed E-state index contributed by atoms with van der Waals surface area (Å²) in [5.74, 6) is -1.73. The van der Waals surface area contributed by atoms with Crippen LogP contribution < -0.4 is 10.6 Å². The molecule has 0 unspecified atom stereocenters. The van der Waals surface area contributed by atoms with Crippen molar-refractivity contribution in [2.45, 2.75) is 112 Å². The molecule has 2 amide bonds. The normalized spacial score (nSPS) is 38.3. The average Bonchev–Trinajstić information content (AvgIpc) is 4.12. The summed E-state index contributed by atoms with van der Waals surface area (Å²) in [7, 11) is 0. The van der Waals surface area contributed by atoms with Gasteiger partial charge >= 0.3 is 5.97 Å². The Hall–Kier alpha value is -3.07. The Bertz CT molecular complexity index is 1590. The van der Waals surface area contributed by atoms with Crippen LogP contribution >= 0.6 is 0 Å². The van der Waals surface area contributed by atoms with Gasteiger partial charge in [-0.3, -0.25) is 19.2 Å². The Morgan fingerprint density at radius 1 is 0.963 bits per heavy atom. The predicted molar refractivity (Wildman–Crippen MR) is 182 cm³/mol. The summed E-state index contributed by atoms with van der Waals surface area (Å²) >= 11 is 0. The quantitative estimate of drug-likeness (QED) is 0.0981. The second-order valence-electron chi connectivity index (χ2n) is 15.4. The molecule has 296 valence electrons. The molecule has 2 bridgehead atoms. The summed E-state index contributed by atoms with van der Waals surface area (Å²) in [6, 6.07) is 6.26. The fourth-order valence-electron chi connectivity index (χ4n) is 8.94. The molecule has 54 heavy (non-hydrogen) atoms. The largest absolute Gasteiger partial charge is 0.458 e. The van der Waals surface area contributed by atoms with Gasteiger partial charge in [-0.2, -0.15) is 5.06 Å². The molecule has 4 aliphatic heterocycles. The third kappa shape index (κ3) is 6.66. The van der Waals surface area contributed by atoms with E-state index < -0.39 is 90.8 Å². The highest BCUT2D eigenvalue weighted by molar-refractivity contribution is 5.94. The van der Waals surface area contributed by atoms with Crippen molar-refractivity contribution >= 4 is 23.9 Å². The predicted octanol–water partition coefficient (Wildman–Crippen LogP) is -1.77. The topological polar surface area (TPSA) is 235 Å². The summed E-state index contributed by atoms with van der Waals surface area (Å²) in [6.45, 7) is -0.636. The van der Waals surface area contributed by atoms with E-state index in [9.17, 15) is 34.8 Å². The van der Waals surface area contributed by atoms with Crippen molar-refractivity contribution in [2.75, 3.05) is 32.9 Å². The molecule has 17 nitrogen and oxygen atoms in total. The van der Waals surface area contributed by atoms with Crippen LogP contribution in [0.25, 0.3) is 6.08 Å². The number of esters is 1. The number of carbonyl (C=O) groups excluding carboxylic acids is 3. The van der Waals surface area contributed by atoms with Crippen molar-refractivity contribution in [3.05, 3.63) is 41.5 Å². The molecular weight excluding hydrogens is 710 g/mol. The molecule has 1 aromatic rings. The number of carbonyl (C=O) groups is 3. The zero-order valence-corrected chi connectivity index (χ0v) is 29.7. The lowest BCUT2D eigenvalue weighted by Gasteiger charge is -2.48. The van der Waals surface area contributed by atoms with Crippen LogP contribution in [0.5, 0.6) is 0 Å². The Labute approximate surface area is 311 Å². The third-order valence-electron chi connectivity index (χ3n) is 11.9. The number of hydrogen-bond acceptors (Lipinski definition) is 15. The van der Waals surface area contributed by atoms with Crippen LogP contribution in [-0.4, -0.2) is 148 Å². The first kappa shape index (κ1) is 37.8. The van der Waals surface area contributed by atoms with Crippen molar-refractivity contribution in [3.8, 4) is 0 Å². The molecule has 4 heterocycles. The number of nitrogens with one attached hydrogen (secondary N) is 2. The van der Waals surface area contributed by atoms with Gasteiger partial charge in [0.05, 0.1) is 26.4 Å². The zero-order valence-electron chi connectivity index (χ0n) is 29.7. The van der Waals surface area contributed by atoms with E-state index in [1.165, 1.54) is 5.06 Å². The minimum atomic E-state index is -1.56. The highest BCUT2D eigenvalue weighted by Crippen LogP contribution is 2.63. The molecule has 0 aromatic heterocycles. The summed E-state index contributed by atoms with van der Waals surface area (Å²) in [5.41, 5.74) is 0.0820. The lowest BCUT2D eigenvalue weighted by molar-refractivity contribution is -0.298. The first-order valence-electron chi connectivity index (χ1n) is 18.9. The van der Waals surface area contributed by atoms with Crippen molar-refractivity contribution in [3.63, 3.8) is 0 Å². The lowest BCUT2D eigenvalue weighted by atomic mass is 9.62. The minimum absolute atomic E-state index is 0.00929. The molecule has 7 N–H and O–H groups in total. The molecule has 7 fully saturated rings. The summed E-state index contributed by atoms with van der Waals surface area (Å²) < 4.78 is 30.8. The number of fused-ring (bicyclic) bond motifs is 4. The fourth-order valence-corrected chi connectivity index (χ4v) is 8.94. The summed E-state index contributed by atoms with van der Waals surface area (Å²) in [6.07, 6.45) is -2.40. The van der Waals surface area contributed by atoms with E-state index >= 15 is 0 Å². The van der Waals surface area contributed by atoms with Crippen molar-refractivity contribution in [1.29, 1.82) is 0 Å². The van der Waals surface area contributed by atoms with E-state index in [-0.39, 0.29) is 63.4 Å². The number of ether oxygens (including phenoxy) is 5. The van der Waals surface area contributed by atoms with E-state index in [0.29, 0.717) is 0 Å². The molecule has 3 aliphatic carbocycles. The van der Waals surface area contributed by atoms with Crippen LogP contribution in [0.2, 0.25) is 0 Å². The maximum Gasteiger partial charge on any atom is 0.327 e. The smallest absolute Gasteiger partial charge is 0.327 e. The first-order valence-corrected chi connectivity index (χ1v) is 18.9. The fraction of sp³-hybridized carbons (Fsp3) is 0.703. The number of hydroxylamine groups is 2. The molecule has 1 aromatic carbocycles. The summed E-state index contributed by atoms with van der Waals surface area (Å²) in [5, 5.41) is 56.0. The molecule has 3 saturated carbocycles. The highest BCUT2D eigenvalue weighted by Gasteiger charge is 2.78. The van der Waals surface area contributed by atoms with Gasteiger partial charge in [-0.1, -0.05) is 36.4 Å². The molecule has 17 heteroatoms. The van der Waals surface area contributed by atoms with Crippen molar-refractivity contribution in [1.82, 2.24) is 15.7 Å². The number of aliphatic hydroxyl groups excluding tert-OH is 5. The van der Waals surface area contributed by atoms with Crippen LogP contribution in [0.3, 0.4) is 0 Å². The lowest BCUT2D eigenvalue weighted by Crippen LogP contribution is -2.69. The summed E-state index contributed by atoms with van der Waals surface area (Å²) in [4.78, 5) is 47.5. The molecule has 8 rings (SSSR count). The molecule has 0 radical (unpaired) electrons. The Morgan fingerprint density at radius 2 is 1.70 bits per heavy atom. The van der Waals surface area contributed by atoms with Gasteiger partial charge < -0.3 is 59.9 Å². The van der Waals surface area contributed by atoms with E-state index in [1.807, 2.05) is 24.3 Å². The van der Waals surface area contributed by atoms with Crippen LogP contribution in [-0.2, 0) is 49.5 Å². The van der Waals surface area contributed by atoms with E-state index in [1.54, 1.807) is 12.2 Å². The minimum Gasteiger partial charge on any atom is -0.458 e. The Kier molecular flexibility index (Phi) is 10.6. The maximum absolute atomic E-state index is 14.5. The van der Waals surface area contributed by atoms with E-state index in [0.717, 1.165) is 36.8 Å². The number of aliphatic hydroxyl groups is 5. The third-order valence-corrected chi connectivity index (χ3v) is 11.9. The van der Waals surface area contributed by atoms with Gasteiger partial charge in [0.25, 0.3) is 0 Å². The molecular formula is C37H49N3O14. The van der Waals surface area contributed by atoms with Gasteiger partial charge in [0.1, 0.15) is 54.2 Å². The number of benzene rings is 1.